The van der Waals surface area contributed by atoms with Crippen molar-refractivity contribution in [1.29, 1.82) is 0 Å². The second kappa shape index (κ2) is 10.6. The zero-order chi connectivity index (χ0) is 22.3. The van der Waals surface area contributed by atoms with Gasteiger partial charge in [0.2, 0.25) is 10.0 Å². The van der Waals surface area contributed by atoms with E-state index >= 15 is 0 Å². The van der Waals surface area contributed by atoms with E-state index in [9.17, 15) is 13.2 Å². The lowest BCUT2D eigenvalue weighted by atomic mass is 10.2. The summed E-state index contributed by atoms with van der Waals surface area (Å²) >= 11 is 1.65. The van der Waals surface area contributed by atoms with Crippen LogP contribution in [0.5, 0.6) is 0 Å². The lowest BCUT2D eigenvalue weighted by Gasteiger charge is -2.17. The van der Waals surface area contributed by atoms with Crippen LogP contribution in [0.2, 0.25) is 0 Å². The van der Waals surface area contributed by atoms with E-state index in [-0.39, 0.29) is 17.3 Å². The fraction of sp³-hybridized carbons (Fsp3) is 0.208. The highest BCUT2D eigenvalue weighted by Gasteiger charge is 2.21. The number of hydrogen-bond acceptors (Lipinski definition) is 4. The number of nitrogens with zero attached hydrogens (tertiary/aromatic N) is 1. The Hall–Kier alpha value is -2.61. The molecule has 0 aliphatic heterocycles. The van der Waals surface area contributed by atoms with Gasteiger partial charge in [0, 0.05) is 24.2 Å². The molecule has 0 radical (unpaired) electrons. The van der Waals surface area contributed by atoms with E-state index in [1.165, 1.54) is 16.4 Å². The first-order valence-electron chi connectivity index (χ1n) is 10.1. The molecular formula is C24H26N2O3S2. The normalized spacial score (nSPS) is 11.5. The van der Waals surface area contributed by atoms with Gasteiger partial charge in [-0.25, -0.2) is 8.42 Å². The first kappa shape index (κ1) is 23.1. The molecule has 5 nitrogen and oxygen atoms in total. The molecule has 0 saturated carbocycles. The summed E-state index contributed by atoms with van der Waals surface area (Å²) in [6, 6.07) is 23.2. The molecule has 1 N–H and O–H groups in total. The van der Waals surface area contributed by atoms with Gasteiger partial charge in [-0.2, -0.15) is 4.31 Å². The molecular weight excluding hydrogens is 428 g/mol. The molecule has 3 aromatic carbocycles. The van der Waals surface area contributed by atoms with Gasteiger partial charge in [-0.1, -0.05) is 49.4 Å². The third-order valence-electron chi connectivity index (χ3n) is 4.66. The van der Waals surface area contributed by atoms with E-state index in [0.717, 1.165) is 22.6 Å². The summed E-state index contributed by atoms with van der Waals surface area (Å²) in [7, 11) is -2.08. The lowest BCUT2D eigenvalue weighted by molar-refractivity contribution is 0.102. The molecule has 3 aromatic rings. The average Bonchev–Trinajstić information content (AvgIpc) is 2.79. The Balaban J connectivity index is 1.71. The minimum atomic E-state index is -3.63. The first-order valence-corrected chi connectivity index (χ1v) is 12.5. The van der Waals surface area contributed by atoms with Crippen molar-refractivity contribution in [3.8, 4) is 0 Å². The fourth-order valence-electron chi connectivity index (χ4n) is 3.01. The van der Waals surface area contributed by atoms with Crippen LogP contribution in [0.25, 0.3) is 0 Å². The van der Waals surface area contributed by atoms with Crippen LogP contribution >= 0.6 is 11.8 Å². The quantitative estimate of drug-likeness (QED) is 0.448. The molecule has 0 fully saturated rings. The van der Waals surface area contributed by atoms with Gasteiger partial charge in [-0.05, 0) is 54.1 Å². The van der Waals surface area contributed by atoms with Crippen LogP contribution in [0.1, 0.15) is 29.3 Å². The molecule has 0 aliphatic rings. The highest BCUT2D eigenvalue weighted by atomic mass is 32.2. The molecule has 0 atom stereocenters. The van der Waals surface area contributed by atoms with E-state index in [4.69, 9.17) is 0 Å². The number of amides is 1. The van der Waals surface area contributed by atoms with Crippen LogP contribution in [-0.4, -0.2) is 31.4 Å². The van der Waals surface area contributed by atoms with Crippen molar-refractivity contribution >= 4 is 33.4 Å². The van der Waals surface area contributed by atoms with Gasteiger partial charge in [0.1, 0.15) is 0 Å². The monoisotopic (exact) mass is 454 g/mol. The van der Waals surface area contributed by atoms with Gasteiger partial charge in [-0.15, -0.1) is 11.8 Å². The maximum Gasteiger partial charge on any atom is 0.256 e. The number of thioether (sulfide) groups is 1. The number of benzene rings is 3. The summed E-state index contributed by atoms with van der Waals surface area (Å²) in [6.45, 7) is 2.39. The number of hydrogen-bond donors (Lipinski definition) is 1. The second-order valence-corrected chi connectivity index (χ2v) is 10.3. The van der Waals surface area contributed by atoms with Crippen molar-refractivity contribution in [1.82, 2.24) is 4.31 Å². The van der Waals surface area contributed by atoms with Crippen LogP contribution in [0, 0.1) is 0 Å². The molecule has 0 heterocycles. The van der Waals surface area contributed by atoms with Gasteiger partial charge in [0.15, 0.2) is 0 Å². The third-order valence-corrected chi connectivity index (χ3v) is 7.76. The second-order valence-electron chi connectivity index (χ2n) is 7.07. The van der Waals surface area contributed by atoms with Gasteiger partial charge in [-0.3, -0.25) is 4.79 Å². The van der Waals surface area contributed by atoms with Gasteiger partial charge in [0.05, 0.1) is 10.5 Å². The minimum absolute atomic E-state index is 0.183. The topological polar surface area (TPSA) is 66.5 Å². The Morgan fingerprint density at radius 1 is 0.935 bits per heavy atom. The van der Waals surface area contributed by atoms with E-state index in [2.05, 4.69) is 12.2 Å². The Kier molecular flexibility index (Phi) is 7.90. The summed E-state index contributed by atoms with van der Waals surface area (Å²) in [4.78, 5) is 13.9. The van der Waals surface area contributed by atoms with Crippen molar-refractivity contribution < 1.29 is 13.2 Å². The van der Waals surface area contributed by atoms with Gasteiger partial charge in [0.25, 0.3) is 5.91 Å². The summed E-state index contributed by atoms with van der Waals surface area (Å²) in [5.74, 6) is 0.726. The first-order chi connectivity index (χ1) is 14.9. The number of anilines is 1. The van der Waals surface area contributed by atoms with E-state index in [0.29, 0.717) is 11.3 Å². The zero-order valence-electron chi connectivity index (χ0n) is 17.6. The molecule has 0 saturated heterocycles. The highest BCUT2D eigenvalue weighted by Crippen LogP contribution is 2.25. The Morgan fingerprint density at radius 3 is 2.26 bits per heavy atom. The molecule has 3 rings (SSSR count). The summed E-state index contributed by atoms with van der Waals surface area (Å²) in [5, 5.41) is 2.86. The zero-order valence-corrected chi connectivity index (χ0v) is 19.2. The predicted octanol–water partition coefficient (Wildman–Crippen LogP) is 5.26. The van der Waals surface area contributed by atoms with Crippen molar-refractivity contribution in [2.24, 2.45) is 0 Å². The minimum Gasteiger partial charge on any atom is -0.322 e. The Labute approximate surface area is 188 Å². The molecule has 0 unspecified atom stereocenters. The number of carbonyl (C=O) groups is 1. The largest absolute Gasteiger partial charge is 0.322 e. The average molecular weight is 455 g/mol. The van der Waals surface area contributed by atoms with E-state index in [1.54, 1.807) is 37.0 Å². The van der Waals surface area contributed by atoms with Gasteiger partial charge >= 0.3 is 0 Å². The fourth-order valence-corrected chi connectivity index (χ4v) is 5.08. The molecule has 0 aliphatic carbocycles. The molecule has 162 valence electrons. The number of rotatable bonds is 9. The van der Waals surface area contributed by atoms with Crippen LogP contribution in [0.3, 0.4) is 0 Å². The van der Waals surface area contributed by atoms with Crippen LogP contribution in [0.15, 0.2) is 88.7 Å². The molecule has 0 spiro atoms. The molecule has 0 bridgehead atoms. The maximum atomic E-state index is 12.9. The third kappa shape index (κ3) is 5.97. The number of carbonyl (C=O) groups excluding carboxylic acids is 1. The molecule has 31 heavy (non-hydrogen) atoms. The molecule has 7 heteroatoms. The number of nitrogens with one attached hydrogen (secondary N) is 1. The van der Waals surface area contributed by atoms with Crippen LogP contribution in [-0.2, 0) is 16.6 Å². The summed E-state index contributed by atoms with van der Waals surface area (Å²) in [5.41, 5.74) is 2.07. The van der Waals surface area contributed by atoms with E-state index in [1.807, 2.05) is 48.5 Å². The summed E-state index contributed by atoms with van der Waals surface area (Å²) < 4.78 is 27.1. The van der Waals surface area contributed by atoms with Crippen LogP contribution < -0.4 is 5.32 Å². The SMILES string of the molecule is CCCSc1ccccc1C(=O)Nc1ccc(S(=O)(=O)N(C)Cc2ccccc2)cc1. The number of sulfonamides is 1. The van der Waals surface area contributed by atoms with Crippen molar-refractivity contribution in [2.75, 3.05) is 18.1 Å². The highest BCUT2D eigenvalue weighted by molar-refractivity contribution is 7.99. The molecule has 1 amide bonds. The standard InChI is InChI=1S/C24H26N2O3S2/c1-3-17-30-23-12-8-7-11-22(23)24(27)25-20-13-15-21(16-14-20)31(28,29)26(2)18-19-9-5-4-6-10-19/h4-16H,3,17-18H2,1-2H3,(H,25,27). The van der Waals surface area contributed by atoms with Crippen molar-refractivity contribution in [3.63, 3.8) is 0 Å². The lowest BCUT2D eigenvalue weighted by Crippen LogP contribution is -2.26. The van der Waals surface area contributed by atoms with Crippen molar-refractivity contribution in [3.05, 3.63) is 90.0 Å². The summed E-state index contributed by atoms with van der Waals surface area (Å²) in [6.07, 6.45) is 1.02. The maximum absolute atomic E-state index is 12.9. The van der Waals surface area contributed by atoms with Crippen LogP contribution in [0.4, 0.5) is 5.69 Å². The van der Waals surface area contributed by atoms with Gasteiger partial charge < -0.3 is 5.32 Å². The Bertz CT molecular complexity index is 1120. The smallest absolute Gasteiger partial charge is 0.256 e. The van der Waals surface area contributed by atoms with E-state index < -0.39 is 10.0 Å². The predicted molar refractivity (Wildman–Crippen MR) is 127 cm³/mol. The van der Waals surface area contributed by atoms with Crippen molar-refractivity contribution in [2.45, 2.75) is 29.7 Å². The Morgan fingerprint density at radius 2 is 1.58 bits per heavy atom. The molecule has 0 aromatic heterocycles.